The van der Waals surface area contributed by atoms with E-state index in [4.69, 9.17) is 5.73 Å². The van der Waals surface area contributed by atoms with Gasteiger partial charge in [0.15, 0.2) is 0 Å². The van der Waals surface area contributed by atoms with Gasteiger partial charge >= 0.3 is 0 Å². The highest BCUT2D eigenvalue weighted by Gasteiger charge is 2.38. The molecule has 0 saturated heterocycles. The molecule has 1 amide bonds. The first-order valence-corrected chi connectivity index (χ1v) is 5.80. The zero-order valence-electron chi connectivity index (χ0n) is 9.99. The molecule has 1 fully saturated rings. The summed E-state index contributed by atoms with van der Waals surface area (Å²) >= 11 is 0. The van der Waals surface area contributed by atoms with Gasteiger partial charge in [0, 0.05) is 6.42 Å². The van der Waals surface area contributed by atoms with E-state index in [1.807, 2.05) is 0 Å². The summed E-state index contributed by atoms with van der Waals surface area (Å²) in [6, 6.07) is 0. The van der Waals surface area contributed by atoms with Crippen molar-refractivity contribution in [1.82, 2.24) is 0 Å². The number of primary amides is 1. The van der Waals surface area contributed by atoms with Crippen LogP contribution in [-0.2, 0) is 4.79 Å². The van der Waals surface area contributed by atoms with Crippen LogP contribution < -0.4 is 5.73 Å². The van der Waals surface area contributed by atoms with Crippen LogP contribution in [0.3, 0.4) is 0 Å². The van der Waals surface area contributed by atoms with Crippen molar-refractivity contribution in [1.29, 1.82) is 0 Å². The normalized spacial score (nSPS) is 36.9. The van der Waals surface area contributed by atoms with E-state index in [2.05, 4.69) is 20.8 Å². The van der Waals surface area contributed by atoms with E-state index in [-0.39, 0.29) is 17.4 Å². The number of hydrogen-bond acceptors (Lipinski definition) is 2. The summed E-state index contributed by atoms with van der Waals surface area (Å²) < 4.78 is 0. The van der Waals surface area contributed by atoms with Crippen LogP contribution in [0, 0.1) is 17.3 Å². The number of carbonyl (C=O) groups is 1. The van der Waals surface area contributed by atoms with Crippen molar-refractivity contribution < 1.29 is 9.90 Å². The molecule has 3 atom stereocenters. The van der Waals surface area contributed by atoms with Crippen molar-refractivity contribution in [2.45, 2.75) is 52.6 Å². The lowest BCUT2D eigenvalue weighted by Gasteiger charge is -2.41. The zero-order chi connectivity index (χ0) is 11.6. The third kappa shape index (κ3) is 3.20. The van der Waals surface area contributed by atoms with Crippen molar-refractivity contribution >= 4 is 5.91 Å². The molecule has 1 rings (SSSR count). The van der Waals surface area contributed by atoms with Gasteiger partial charge in [-0.1, -0.05) is 20.8 Å². The molecule has 3 nitrogen and oxygen atoms in total. The maximum atomic E-state index is 10.9. The van der Waals surface area contributed by atoms with Crippen LogP contribution in [0.1, 0.15) is 46.5 Å². The molecule has 1 aliphatic carbocycles. The van der Waals surface area contributed by atoms with Gasteiger partial charge in [0.2, 0.25) is 5.91 Å². The standard InChI is InChI=1S/C12H23NO2/c1-8(2)9-4-5-12(3,6-10(9)14)7-11(13)15/h8-10,14H,4-7H2,1-3H3,(H2,13,15)/t9-,10+,12+/m0/s1. The molecule has 0 aromatic carbocycles. The number of nitrogens with two attached hydrogens (primary N) is 1. The molecule has 0 unspecified atom stereocenters. The molecule has 1 saturated carbocycles. The van der Waals surface area contributed by atoms with Gasteiger partial charge < -0.3 is 10.8 Å². The molecule has 0 aliphatic heterocycles. The van der Waals surface area contributed by atoms with Crippen LogP contribution in [0.2, 0.25) is 0 Å². The minimum Gasteiger partial charge on any atom is -0.393 e. The minimum atomic E-state index is -0.275. The second-order valence-corrected chi connectivity index (χ2v) is 5.67. The zero-order valence-corrected chi connectivity index (χ0v) is 9.99. The quantitative estimate of drug-likeness (QED) is 0.749. The molecule has 15 heavy (non-hydrogen) atoms. The molecule has 0 spiro atoms. The monoisotopic (exact) mass is 213 g/mol. The number of hydrogen-bond donors (Lipinski definition) is 2. The number of aliphatic hydroxyl groups excluding tert-OH is 1. The van der Waals surface area contributed by atoms with Crippen LogP contribution >= 0.6 is 0 Å². The molecule has 0 heterocycles. The summed E-state index contributed by atoms with van der Waals surface area (Å²) in [5.41, 5.74) is 5.14. The second kappa shape index (κ2) is 4.52. The van der Waals surface area contributed by atoms with Crippen molar-refractivity contribution in [2.24, 2.45) is 23.0 Å². The number of rotatable bonds is 3. The fourth-order valence-electron chi connectivity index (χ4n) is 2.82. The Hall–Kier alpha value is -0.570. The fourth-order valence-corrected chi connectivity index (χ4v) is 2.82. The van der Waals surface area contributed by atoms with E-state index in [9.17, 15) is 9.90 Å². The van der Waals surface area contributed by atoms with Crippen molar-refractivity contribution in [3.05, 3.63) is 0 Å². The minimum absolute atomic E-state index is 0.0867. The molecule has 0 aromatic rings. The lowest BCUT2D eigenvalue weighted by atomic mass is 9.66. The van der Waals surface area contributed by atoms with Gasteiger partial charge in [-0.3, -0.25) is 4.79 Å². The molecule has 3 N–H and O–H groups in total. The highest BCUT2D eigenvalue weighted by Crippen LogP contribution is 2.43. The summed E-state index contributed by atoms with van der Waals surface area (Å²) in [5, 5.41) is 10.0. The van der Waals surface area contributed by atoms with Crippen LogP contribution in [0.25, 0.3) is 0 Å². The second-order valence-electron chi connectivity index (χ2n) is 5.67. The number of amides is 1. The van der Waals surface area contributed by atoms with Gasteiger partial charge in [0.05, 0.1) is 6.10 Å². The average Bonchev–Trinajstić information content (AvgIpc) is 1.99. The van der Waals surface area contributed by atoms with Gasteiger partial charge in [0.25, 0.3) is 0 Å². The lowest BCUT2D eigenvalue weighted by Crippen LogP contribution is -2.39. The van der Waals surface area contributed by atoms with Crippen LogP contribution in [0.5, 0.6) is 0 Å². The first-order chi connectivity index (χ1) is 6.84. The molecule has 0 aromatic heterocycles. The summed E-state index contributed by atoms with van der Waals surface area (Å²) in [4.78, 5) is 10.9. The Bertz CT molecular complexity index is 240. The van der Waals surface area contributed by atoms with Crippen LogP contribution in [0.4, 0.5) is 0 Å². The van der Waals surface area contributed by atoms with Crippen LogP contribution in [0.15, 0.2) is 0 Å². The van der Waals surface area contributed by atoms with E-state index < -0.39 is 0 Å². The number of carbonyl (C=O) groups excluding carboxylic acids is 1. The molecular weight excluding hydrogens is 190 g/mol. The predicted molar refractivity (Wildman–Crippen MR) is 60.1 cm³/mol. The topological polar surface area (TPSA) is 63.3 Å². The Labute approximate surface area is 92.0 Å². The van der Waals surface area contributed by atoms with Crippen molar-refractivity contribution in [3.8, 4) is 0 Å². The Morgan fingerprint density at radius 3 is 2.60 bits per heavy atom. The molecule has 3 heteroatoms. The molecule has 0 bridgehead atoms. The highest BCUT2D eigenvalue weighted by molar-refractivity contribution is 5.74. The van der Waals surface area contributed by atoms with Crippen LogP contribution in [-0.4, -0.2) is 17.1 Å². The Balaban J connectivity index is 2.60. The maximum absolute atomic E-state index is 10.9. The van der Waals surface area contributed by atoms with E-state index in [0.717, 1.165) is 12.8 Å². The molecular formula is C12H23NO2. The SMILES string of the molecule is CC(C)[C@@H]1CC[C@@](C)(CC(N)=O)C[C@H]1O. The maximum Gasteiger partial charge on any atom is 0.217 e. The molecule has 1 aliphatic rings. The number of aliphatic hydroxyl groups is 1. The van der Waals surface area contributed by atoms with Crippen molar-refractivity contribution in [3.63, 3.8) is 0 Å². The highest BCUT2D eigenvalue weighted by atomic mass is 16.3. The molecule has 0 radical (unpaired) electrons. The Kier molecular flexibility index (Phi) is 3.77. The fraction of sp³-hybridized carbons (Fsp3) is 0.917. The van der Waals surface area contributed by atoms with Gasteiger partial charge in [-0.2, -0.15) is 0 Å². The summed E-state index contributed by atoms with van der Waals surface area (Å²) in [5.74, 6) is 0.636. The van der Waals surface area contributed by atoms with E-state index in [1.54, 1.807) is 0 Å². The van der Waals surface area contributed by atoms with Gasteiger partial charge in [-0.05, 0) is 36.5 Å². The van der Waals surface area contributed by atoms with E-state index >= 15 is 0 Å². The van der Waals surface area contributed by atoms with E-state index in [1.165, 1.54) is 0 Å². The van der Waals surface area contributed by atoms with Gasteiger partial charge in [-0.25, -0.2) is 0 Å². The summed E-state index contributed by atoms with van der Waals surface area (Å²) in [6.07, 6.45) is 2.83. The predicted octanol–water partition coefficient (Wildman–Crippen LogP) is 1.69. The largest absolute Gasteiger partial charge is 0.393 e. The Morgan fingerprint density at radius 1 is 1.60 bits per heavy atom. The first-order valence-electron chi connectivity index (χ1n) is 5.80. The van der Waals surface area contributed by atoms with E-state index in [0.29, 0.717) is 24.7 Å². The summed E-state index contributed by atoms with van der Waals surface area (Å²) in [6.45, 7) is 6.34. The third-order valence-electron chi connectivity index (χ3n) is 3.73. The first kappa shape index (κ1) is 12.5. The van der Waals surface area contributed by atoms with Gasteiger partial charge in [-0.15, -0.1) is 0 Å². The van der Waals surface area contributed by atoms with Crippen molar-refractivity contribution in [2.75, 3.05) is 0 Å². The Morgan fingerprint density at radius 2 is 2.20 bits per heavy atom. The third-order valence-corrected chi connectivity index (χ3v) is 3.73. The summed E-state index contributed by atoms with van der Waals surface area (Å²) in [7, 11) is 0. The molecule has 88 valence electrons. The van der Waals surface area contributed by atoms with Gasteiger partial charge in [0.1, 0.15) is 0 Å². The average molecular weight is 213 g/mol. The lowest BCUT2D eigenvalue weighted by molar-refractivity contribution is -0.121. The smallest absolute Gasteiger partial charge is 0.217 e.